The molecule has 0 unspecified atom stereocenters. The van der Waals surface area contributed by atoms with Crippen molar-refractivity contribution in [2.24, 2.45) is 0 Å². The first kappa shape index (κ1) is 45.7. The molecule has 6 atom stereocenters. The molecule has 1 saturated heterocycles. The van der Waals surface area contributed by atoms with E-state index in [1.807, 2.05) is 0 Å². The number of hydrogen-bond acceptors (Lipinski definition) is 10. The lowest BCUT2D eigenvalue weighted by Gasteiger charge is -2.39. The topological polar surface area (TPSA) is 152 Å². The minimum absolute atomic E-state index is 0.210. The number of unbranched alkanes of at least 4 members (excludes halogenated alkanes) is 22. The summed E-state index contributed by atoms with van der Waals surface area (Å²) < 4.78 is 22.1. The van der Waals surface area contributed by atoms with Crippen LogP contribution in [0.5, 0.6) is 0 Å². The molecule has 10 nitrogen and oxygen atoms in total. The van der Waals surface area contributed by atoms with Crippen LogP contribution in [-0.4, -0.2) is 89.0 Å². The number of aliphatic hydroxyl groups is 4. The van der Waals surface area contributed by atoms with Gasteiger partial charge in [-0.3, -0.25) is 9.59 Å². The number of carbonyl (C=O) groups excluding carboxylic acids is 2. The summed E-state index contributed by atoms with van der Waals surface area (Å²) in [5.74, 6) is -0.798. The molecule has 0 bridgehead atoms. The molecule has 1 aliphatic rings. The predicted molar refractivity (Wildman–Crippen MR) is 192 cm³/mol. The van der Waals surface area contributed by atoms with Gasteiger partial charge in [-0.1, -0.05) is 155 Å². The third-order valence-electron chi connectivity index (χ3n) is 9.49. The molecule has 1 aliphatic heterocycles. The Morgan fingerprint density at radius 3 is 1.39 bits per heavy atom. The smallest absolute Gasteiger partial charge is 0.306 e. The number of aliphatic hydroxyl groups excluding tert-OH is 4. The van der Waals surface area contributed by atoms with E-state index in [0.29, 0.717) is 6.42 Å². The molecule has 0 aromatic heterocycles. The first-order valence-electron chi connectivity index (χ1n) is 20.1. The zero-order valence-electron chi connectivity index (χ0n) is 31.2. The standard InChI is InChI=1S/C39H74O10/c1-3-5-7-9-11-13-15-16-18-20-22-24-26-28-35(42)48-32(31-47-39-38(45)37(44)36(43)33(29-40)49-39)30-46-34(41)27-25-23-21-19-17-14-12-10-8-6-4-2/h32-33,36-40,43-45H,3-31H2,1-2H3/t32-,33-,36+,37+,38-,39-/m1/s1. The summed E-state index contributed by atoms with van der Waals surface area (Å²) in [6.45, 7) is 3.41. The average molecular weight is 703 g/mol. The van der Waals surface area contributed by atoms with E-state index in [4.69, 9.17) is 18.9 Å². The van der Waals surface area contributed by atoms with Crippen molar-refractivity contribution in [3.8, 4) is 0 Å². The van der Waals surface area contributed by atoms with Gasteiger partial charge in [0.1, 0.15) is 31.0 Å². The molecule has 290 valence electrons. The van der Waals surface area contributed by atoms with Crippen molar-refractivity contribution in [1.82, 2.24) is 0 Å². The van der Waals surface area contributed by atoms with Gasteiger partial charge in [0.15, 0.2) is 12.4 Å². The molecule has 0 aromatic rings. The van der Waals surface area contributed by atoms with E-state index in [-0.39, 0.29) is 32.0 Å². The van der Waals surface area contributed by atoms with Crippen molar-refractivity contribution in [1.29, 1.82) is 0 Å². The van der Waals surface area contributed by atoms with Crippen LogP contribution in [0.25, 0.3) is 0 Å². The Morgan fingerprint density at radius 1 is 0.551 bits per heavy atom. The molecule has 0 aromatic carbocycles. The molecule has 0 saturated carbocycles. The average Bonchev–Trinajstić information content (AvgIpc) is 3.10. The molecular formula is C39H74O10. The number of ether oxygens (including phenoxy) is 4. The van der Waals surface area contributed by atoms with Crippen LogP contribution in [0.4, 0.5) is 0 Å². The van der Waals surface area contributed by atoms with Gasteiger partial charge in [-0.25, -0.2) is 0 Å². The van der Waals surface area contributed by atoms with Crippen molar-refractivity contribution in [2.45, 2.75) is 218 Å². The Balaban J connectivity index is 2.38. The fraction of sp³-hybridized carbons (Fsp3) is 0.949. The minimum atomic E-state index is -1.59. The fourth-order valence-electron chi connectivity index (χ4n) is 6.25. The molecule has 0 spiro atoms. The maximum absolute atomic E-state index is 12.7. The minimum Gasteiger partial charge on any atom is -0.462 e. The Morgan fingerprint density at radius 2 is 0.959 bits per heavy atom. The summed E-state index contributed by atoms with van der Waals surface area (Å²) in [5, 5.41) is 39.9. The molecule has 4 N–H and O–H groups in total. The lowest BCUT2D eigenvalue weighted by Crippen LogP contribution is -2.59. The van der Waals surface area contributed by atoms with Crippen molar-refractivity contribution in [2.75, 3.05) is 19.8 Å². The highest BCUT2D eigenvalue weighted by Gasteiger charge is 2.44. The van der Waals surface area contributed by atoms with Crippen LogP contribution in [0.1, 0.15) is 181 Å². The Kier molecular flexibility index (Phi) is 29.3. The molecule has 10 heteroatoms. The van der Waals surface area contributed by atoms with E-state index >= 15 is 0 Å². The SMILES string of the molecule is CCCCCCCCCCCCCCCC(=O)O[C@H](COC(=O)CCCCCCCCCCCCC)CO[C@@H]1O[C@H](CO)[C@H](O)[C@H](O)[C@H]1O. The Hall–Kier alpha value is -1.30. The van der Waals surface area contributed by atoms with Gasteiger partial charge in [0.05, 0.1) is 13.2 Å². The van der Waals surface area contributed by atoms with E-state index in [9.17, 15) is 30.0 Å². The molecule has 0 amide bonds. The van der Waals surface area contributed by atoms with Crippen LogP contribution >= 0.6 is 0 Å². The molecule has 1 rings (SSSR count). The van der Waals surface area contributed by atoms with Gasteiger partial charge < -0.3 is 39.4 Å². The second-order valence-corrected chi connectivity index (χ2v) is 14.1. The summed E-state index contributed by atoms with van der Waals surface area (Å²) in [6.07, 6.45) is 21.1. The van der Waals surface area contributed by atoms with Crippen molar-refractivity contribution >= 4 is 11.9 Å². The molecule has 1 heterocycles. The first-order chi connectivity index (χ1) is 23.8. The molecule has 1 fully saturated rings. The third kappa shape index (κ3) is 23.7. The lowest BCUT2D eigenvalue weighted by atomic mass is 9.99. The maximum Gasteiger partial charge on any atom is 0.306 e. The summed E-state index contributed by atoms with van der Waals surface area (Å²) in [6, 6.07) is 0. The number of carbonyl (C=O) groups is 2. The second-order valence-electron chi connectivity index (χ2n) is 14.1. The summed E-state index contributed by atoms with van der Waals surface area (Å²) >= 11 is 0. The van der Waals surface area contributed by atoms with Crippen LogP contribution in [-0.2, 0) is 28.5 Å². The quantitative estimate of drug-likeness (QED) is 0.0401. The van der Waals surface area contributed by atoms with Gasteiger partial charge in [-0.15, -0.1) is 0 Å². The van der Waals surface area contributed by atoms with Gasteiger partial charge in [0.2, 0.25) is 0 Å². The monoisotopic (exact) mass is 703 g/mol. The Bertz CT molecular complexity index is 779. The highest BCUT2D eigenvalue weighted by Crippen LogP contribution is 2.22. The highest BCUT2D eigenvalue weighted by atomic mass is 16.7. The van der Waals surface area contributed by atoms with Crippen LogP contribution in [0.3, 0.4) is 0 Å². The van der Waals surface area contributed by atoms with E-state index in [1.54, 1.807) is 0 Å². The van der Waals surface area contributed by atoms with E-state index in [0.717, 1.165) is 38.5 Å². The normalized spacial score (nSPS) is 21.5. The van der Waals surface area contributed by atoms with Crippen LogP contribution in [0.2, 0.25) is 0 Å². The zero-order valence-corrected chi connectivity index (χ0v) is 31.2. The van der Waals surface area contributed by atoms with Crippen molar-refractivity contribution in [3.05, 3.63) is 0 Å². The summed E-state index contributed by atoms with van der Waals surface area (Å²) in [5.41, 5.74) is 0. The molecule has 0 radical (unpaired) electrons. The predicted octanol–water partition coefficient (Wildman–Crippen LogP) is 7.44. The molecule has 0 aliphatic carbocycles. The van der Waals surface area contributed by atoms with Gasteiger partial charge in [0.25, 0.3) is 0 Å². The van der Waals surface area contributed by atoms with Crippen LogP contribution < -0.4 is 0 Å². The van der Waals surface area contributed by atoms with Crippen LogP contribution in [0, 0.1) is 0 Å². The lowest BCUT2D eigenvalue weighted by molar-refractivity contribution is -0.305. The maximum atomic E-state index is 12.7. The van der Waals surface area contributed by atoms with Crippen molar-refractivity contribution < 1.29 is 49.0 Å². The van der Waals surface area contributed by atoms with Gasteiger partial charge in [0, 0.05) is 12.8 Å². The summed E-state index contributed by atoms with van der Waals surface area (Å²) in [4.78, 5) is 25.2. The van der Waals surface area contributed by atoms with Gasteiger partial charge in [-0.2, -0.15) is 0 Å². The number of esters is 2. The van der Waals surface area contributed by atoms with E-state index in [2.05, 4.69) is 13.8 Å². The van der Waals surface area contributed by atoms with Crippen molar-refractivity contribution in [3.63, 3.8) is 0 Å². The second kappa shape index (κ2) is 31.4. The van der Waals surface area contributed by atoms with E-state index < -0.39 is 49.4 Å². The largest absolute Gasteiger partial charge is 0.462 e. The van der Waals surface area contributed by atoms with Gasteiger partial charge in [-0.05, 0) is 12.8 Å². The number of hydrogen-bond donors (Lipinski definition) is 4. The highest BCUT2D eigenvalue weighted by molar-refractivity contribution is 5.70. The van der Waals surface area contributed by atoms with E-state index in [1.165, 1.54) is 109 Å². The zero-order chi connectivity index (χ0) is 36.0. The first-order valence-corrected chi connectivity index (χ1v) is 20.1. The van der Waals surface area contributed by atoms with Crippen LogP contribution in [0.15, 0.2) is 0 Å². The molecule has 49 heavy (non-hydrogen) atoms. The third-order valence-corrected chi connectivity index (χ3v) is 9.49. The number of rotatable bonds is 33. The van der Waals surface area contributed by atoms with Gasteiger partial charge >= 0.3 is 11.9 Å². The Labute approximate surface area is 298 Å². The summed E-state index contributed by atoms with van der Waals surface area (Å²) in [7, 11) is 0. The molecular weight excluding hydrogens is 628 g/mol. The fourth-order valence-corrected chi connectivity index (χ4v) is 6.25.